The SMILES string of the molecule is C#CCCCCNC(=O)[C@H](Cc1ccccc1)NC(=O)[C@H](CC(C)C)NC(=O)[C@H](Cc1ccccc1)C[C@@H](O)[C@H](Cc1ccccc1)NC(=O)c1ccc(C(=O)c2ccccc2)cc1. The van der Waals surface area contributed by atoms with Gasteiger partial charge in [-0.05, 0) is 73.3 Å². The number of unbranched alkanes of at least 4 members (excludes halogenated alkanes) is 2. The zero-order valence-corrected chi connectivity index (χ0v) is 36.8. The average molecular weight is 861 g/mol. The van der Waals surface area contributed by atoms with Gasteiger partial charge in [-0.1, -0.05) is 147 Å². The van der Waals surface area contributed by atoms with Gasteiger partial charge >= 0.3 is 0 Å². The van der Waals surface area contributed by atoms with E-state index >= 15 is 0 Å². The number of carbonyl (C=O) groups is 5. The third-order valence-electron chi connectivity index (χ3n) is 11.0. The number of hydrogen-bond donors (Lipinski definition) is 5. The molecular formula is C54H60N4O6. The van der Waals surface area contributed by atoms with Crippen LogP contribution < -0.4 is 21.3 Å². The summed E-state index contributed by atoms with van der Waals surface area (Å²) in [6, 6.07) is 40.9. The summed E-state index contributed by atoms with van der Waals surface area (Å²) in [6.07, 6.45) is 7.29. The van der Waals surface area contributed by atoms with Gasteiger partial charge in [0.25, 0.3) is 5.91 Å². The Morgan fingerprint density at radius 3 is 1.61 bits per heavy atom. The normalized spacial score (nSPS) is 13.3. The van der Waals surface area contributed by atoms with Gasteiger partial charge in [-0.3, -0.25) is 24.0 Å². The first-order chi connectivity index (χ1) is 31.0. The Kier molecular flexibility index (Phi) is 19.1. The highest BCUT2D eigenvalue weighted by Crippen LogP contribution is 2.21. The van der Waals surface area contributed by atoms with Crippen molar-refractivity contribution in [2.45, 2.75) is 89.4 Å². The first-order valence-electron chi connectivity index (χ1n) is 22.1. The number of amides is 4. The summed E-state index contributed by atoms with van der Waals surface area (Å²) < 4.78 is 0. The topological polar surface area (TPSA) is 154 Å². The number of aliphatic hydroxyl groups is 1. The van der Waals surface area contributed by atoms with Crippen LogP contribution in [0.2, 0.25) is 0 Å². The van der Waals surface area contributed by atoms with Crippen molar-refractivity contribution in [1.82, 2.24) is 21.3 Å². The van der Waals surface area contributed by atoms with Crippen molar-refractivity contribution in [2.75, 3.05) is 6.54 Å². The Labute approximate surface area is 377 Å². The molecule has 0 aliphatic heterocycles. The van der Waals surface area contributed by atoms with Crippen molar-refractivity contribution in [3.05, 3.63) is 179 Å². The predicted molar refractivity (Wildman–Crippen MR) is 251 cm³/mol. The zero-order valence-electron chi connectivity index (χ0n) is 36.8. The van der Waals surface area contributed by atoms with Crippen LogP contribution >= 0.6 is 0 Å². The highest BCUT2D eigenvalue weighted by molar-refractivity contribution is 6.09. The minimum Gasteiger partial charge on any atom is -0.391 e. The van der Waals surface area contributed by atoms with E-state index < -0.39 is 47.9 Å². The van der Waals surface area contributed by atoms with Crippen LogP contribution in [0.3, 0.4) is 0 Å². The molecule has 10 nitrogen and oxygen atoms in total. The molecule has 5 atom stereocenters. The smallest absolute Gasteiger partial charge is 0.251 e. The Morgan fingerprint density at radius 2 is 1.05 bits per heavy atom. The van der Waals surface area contributed by atoms with Gasteiger partial charge in [-0.2, -0.15) is 0 Å². The Bertz CT molecular complexity index is 2280. The molecular weight excluding hydrogens is 801 g/mol. The number of aliphatic hydroxyl groups excluding tert-OH is 1. The van der Waals surface area contributed by atoms with Crippen LogP contribution in [-0.2, 0) is 33.6 Å². The fourth-order valence-electron chi connectivity index (χ4n) is 7.58. The highest BCUT2D eigenvalue weighted by atomic mass is 16.3. The quantitative estimate of drug-likeness (QED) is 0.0255. The molecule has 10 heteroatoms. The van der Waals surface area contributed by atoms with Crippen LogP contribution in [0.4, 0.5) is 0 Å². The molecule has 0 bridgehead atoms. The van der Waals surface area contributed by atoms with Crippen molar-refractivity contribution in [1.29, 1.82) is 0 Å². The Morgan fingerprint density at radius 1 is 0.547 bits per heavy atom. The summed E-state index contributed by atoms with van der Waals surface area (Å²) in [5, 5.41) is 24.0. The molecule has 0 unspecified atom stereocenters. The minimum atomic E-state index is -1.19. The molecule has 5 N–H and O–H groups in total. The fraction of sp³-hybridized carbons (Fsp3) is 0.315. The average Bonchev–Trinajstić information content (AvgIpc) is 3.31. The third kappa shape index (κ3) is 15.5. The molecule has 0 fully saturated rings. The monoisotopic (exact) mass is 860 g/mol. The van der Waals surface area contributed by atoms with Gasteiger partial charge in [0, 0.05) is 42.0 Å². The van der Waals surface area contributed by atoms with Crippen LogP contribution in [0.15, 0.2) is 146 Å². The number of nitrogens with one attached hydrogen (secondary N) is 4. The van der Waals surface area contributed by atoms with E-state index in [-0.39, 0.29) is 43.3 Å². The number of terminal acetylenes is 1. The van der Waals surface area contributed by atoms with Crippen LogP contribution in [0, 0.1) is 24.2 Å². The van der Waals surface area contributed by atoms with Gasteiger partial charge in [0.2, 0.25) is 17.7 Å². The van der Waals surface area contributed by atoms with E-state index in [2.05, 4.69) is 27.2 Å². The van der Waals surface area contributed by atoms with Crippen molar-refractivity contribution in [3.8, 4) is 12.3 Å². The number of rotatable bonds is 24. The van der Waals surface area contributed by atoms with Crippen molar-refractivity contribution < 1.29 is 29.1 Å². The van der Waals surface area contributed by atoms with Gasteiger partial charge in [-0.25, -0.2) is 0 Å². The largest absolute Gasteiger partial charge is 0.391 e. The molecule has 5 rings (SSSR count). The fourth-order valence-corrected chi connectivity index (χ4v) is 7.58. The molecule has 0 aromatic heterocycles. The van der Waals surface area contributed by atoms with Gasteiger partial charge in [-0.15, -0.1) is 12.3 Å². The van der Waals surface area contributed by atoms with E-state index in [9.17, 15) is 29.1 Å². The standard InChI is InChI=1S/C54H60N4O6/c1-4-5-6-19-32-55-53(63)48(36-41-24-15-9-16-25-41)58-54(64)47(33-38(2)3)57-52(62)45(34-39-20-11-7-12-21-39)37-49(59)46(35-40-22-13-8-14-23-40)56-51(61)44-30-28-43(29-31-44)50(60)42-26-17-10-18-27-42/h1,7-18,20-31,38,45-49,59H,5-6,19,32-37H2,2-3H3,(H,55,63)(H,56,61)(H,57,62)(H,58,64)/t45-,46+,47+,48+,49-/m1/s1. The van der Waals surface area contributed by atoms with E-state index in [1.54, 1.807) is 48.5 Å². The van der Waals surface area contributed by atoms with Crippen molar-refractivity contribution in [3.63, 3.8) is 0 Å². The molecule has 0 aliphatic rings. The first kappa shape index (κ1) is 48.2. The summed E-state index contributed by atoms with van der Waals surface area (Å²) in [7, 11) is 0. The molecule has 0 spiro atoms. The molecule has 332 valence electrons. The summed E-state index contributed by atoms with van der Waals surface area (Å²) in [5.74, 6) is -0.0817. The maximum absolute atomic E-state index is 14.5. The van der Waals surface area contributed by atoms with Crippen molar-refractivity contribution in [2.24, 2.45) is 11.8 Å². The number of hydrogen-bond acceptors (Lipinski definition) is 6. The molecule has 0 heterocycles. The lowest BCUT2D eigenvalue weighted by Gasteiger charge is -2.29. The van der Waals surface area contributed by atoms with Crippen LogP contribution in [-0.4, -0.2) is 65.3 Å². The van der Waals surface area contributed by atoms with E-state index in [0.717, 1.165) is 23.1 Å². The number of benzene rings is 5. The molecule has 64 heavy (non-hydrogen) atoms. The zero-order chi connectivity index (χ0) is 45.7. The number of ketones is 1. The highest BCUT2D eigenvalue weighted by Gasteiger charge is 2.33. The van der Waals surface area contributed by atoms with Crippen molar-refractivity contribution >= 4 is 29.4 Å². The lowest BCUT2D eigenvalue weighted by atomic mass is 9.88. The maximum atomic E-state index is 14.5. The molecule has 0 saturated carbocycles. The third-order valence-corrected chi connectivity index (χ3v) is 11.0. The molecule has 4 amide bonds. The minimum absolute atomic E-state index is 0.00255. The molecule has 0 aliphatic carbocycles. The molecule has 5 aromatic carbocycles. The lowest BCUT2D eigenvalue weighted by molar-refractivity contribution is -0.134. The van der Waals surface area contributed by atoms with Crippen LogP contribution in [0.25, 0.3) is 0 Å². The second-order valence-electron chi connectivity index (χ2n) is 16.6. The summed E-state index contributed by atoms with van der Waals surface area (Å²) >= 11 is 0. The molecule has 0 radical (unpaired) electrons. The second kappa shape index (κ2) is 25.3. The lowest BCUT2D eigenvalue weighted by Crippen LogP contribution is -2.56. The van der Waals surface area contributed by atoms with E-state index in [4.69, 9.17) is 6.42 Å². The molecule has 5 aromatic rings. The maximum Gasteiger partial charge on any atom is 0.251 e. The summed E-state index contributed by atoms with van der Waals surface area (Å²) in [4.78, 5) is 69.1. The number of carbonyl (C=O) groups excluding carboxylic acids is 5. The van der Waals surface area contributed by atoms with E-state index in [1.807, 2.05) is 111 Å². The van der Waals surface area contributed by atoms with Gasteiger partial charge < -0.3 is 26.4 Å². The van der Waals surface area contributed by atoms with E-state index in [0.29, 0.717) is 42.5 Å². The van der Waals surface area contributed by atoms with Gasteiger partial charge in [0.15, 0.2) is 5.78 Å². The first-order valence-corrected chi connectivity index (χ1v) is 22.1. The van der Waals surface area contributed by atoms with Gasteiger partial charge in [0.05, 0.1) is 12.1 Å². The van der Waals surface area contributed by atoms with Gasteiger partial charge in [0.1, 0.15) is 12.1 Å². The molecule has 0 saturated heterocycles. The summed E-state index contributed by atoms with van der Waals surface area (Å²) in [6.45, 7) is 4.31. The Balaban J connectivity index is 1.35. The summed E-state index contributed by atoms with van der Waals surface area (Å²) in [5.41, 5.74) is 3.87. The van der Waals surface area contributed by atoms with Crippen LogP contribution in [0.1, 0.15) is 88.9 Å². The Hall–Kier alpha value is -6.83. The van der Waals surface area contributed by atoms with Crippen LogP contribution in [0.5, 0.6) is 0 Å². The second-order valence-corrected chi connectivity index (χ2v) is 16.6. The van der Waals surface area contributed by atoms with E-state index in [1.165, 1.54) is 0 Å². The predicted octanol–water partition coefficient (Wildman–Crippen LogP) is 7.05.